The van der Waals surface area contributed by atoms with E-state index in [9.17, 15) is 9.59 Å². The van der Waals surface area contributed by atoms with Crippen LogP contribution in [-0.2, 0) is 6.42 Å². The van der Waals surface area contributed by atoms with Gasteiger partial charge >= 0.3 is 5.63 Å². The van der Waals surface area contributed by atoms with Crippen molar-refractivity contribution in [2.45, 2.75) is 34.1 Å². The molecule has 1 N–H and O–H groups in total. The highest BCUT2D eigenvalue weighted by molar-refractivity contribution is 5.94. The molecule has 1 heterocycles. The predicted molar refractivity (Wildman–Crippen MR) is 128 cm³/mol. The summed E-state index contributed by atoms with van der Waals surface area (Å²) in [5, 5.41) is 3.77. The van der Waals surface area contributed by atoms with Crippen molar-refractivity contribution in [1.29, 1.82) is 0 Å². The van der Waals surface area contributed by atoms with Crippen molar-refractivity contribution in [2.75, 3.05) is 32.8 Å². The Labute approximate surface area is 189 Å². The third kappa shape index (κ3) is 5.77. The first-order valence-electron chi connectivity index (χ1n) is 11.2. The Morgan fingerprint density at radius 3 is 2.59 bits per heavy atom. The molecule has 0 unspecified atom stereocenters. The van der Waals surface area contributed by atoms with Crippen molar-refractivity contribution in [3.05, 3.63) is 75.1 Å². The zero-order chi connectivity index (χ0) is 23.1. The van der Waals surface area contributed by atoms with Gasteiger partial charge in [-0.15, -0.1) is 0 Å². The molecule has 0 spiro atoms. The van der Waals surface area contributed by atoms with Crippen molar-refractivity contribution in [1.82, 2.24) is 10.2 Å². The van der Waals surface area contributed by atoms with Gasteiger partial charge in [-0.1, -0.05) is 31.5 Å². The summed E-state index contributed by atoms with van der Waals surface area (Å²) in [6.45, 7) is 11.6. The van der Waals surface area contributed by atoms with Crippen LogP contribution in [0.1, 0.15) is 40.9 Å². The number of aryl methyl sites for hydroxylation is 2. The molecule has 170 valence electrons. The number of hydrogen-bond acceptors (Lipinski definition) is 5. The number of fused-ring (bicyclic) bond motifs is 1. The van der Waals surface area contributed by atoms with E-state index >= 15 is 0 Å². The summed E-state index contributed by atoms with van der Waals surface area (Å²) in [6.07, 6.45) is 0.671. The van der Waals surface area contributed by atoms with E-state index in [1.165, 1.54) is 0 Å². The molecular weight excluding hydrogens is 404 g/mol. The van der Waals surface area contributed by atoms with Gasteiger partial charge in [-0.25, -0.2) is 4.79 Å². The number of nitrogens with one attached hydrogen (secondary N) is 1. The Morgan fingerprint density at radius 2 is 1.88 bits per heavy atom. The number of carbonyl (C=O) groups excluding carboxylic acids is 1. The van der Waals surface area contributed by atoms with E-state index < -0.39 is 0 Å². The molecule has 0 atom stereocenters. The number of carbonyl (C=O) groups is 1. The normalized spacial score (nSPS) is 11.2. The SMILES string of the molecule is CCN(CC)CCc1c(C)c2ccc(OCCNC(=O)c3cccc(C)c3)cc2oc1=O. The Morgan fingerprint density at radius 1 is 1.09 bits per heavy atom. The van der Waals surface area contributed by atoms with Crippen molar-refractivity contribution in [2.24, 2.45) is 0 Å². The van der Waals surface area contributed by atoms with Crippen LogP contribution in [0, 0.1) is 13.8 Å². The molecule has 32 heavy (non-hydrogen) atoms. The lowest BCUT2D eigenvalue weighted by Crippen LogP contribution is -2.28. The van der Waals surface area contributed by atoms with Gasteiger partial charge < -0.3 is 19.4 Å². The van der Waals surface area contributed by atoms with Crippen LogP contribution in [0.3, 0.4) is 0 Å². The smallest absolute Gasteiger partial charge is 0.339 e. The highest BCUT2D eigenvalue weighted by atomic mass is 16.5. The molecule has 2 aromatic carbocycles. The molecular formula is C26H32N2O4. The van der Waals surface area contributed by atoms with E-state index in [4.69, 9.17) is 9.15 Å². The van der Waals surface area contributed by atoms with Gasteiger partial charge in [0.1, 0.15) is 17.9 Å². The predicted octanol–water partition coefficient (Wildman–Crippen LogP) is 4.10. The number of ether oxygens (including phenoxy) is 1. The van der Waals surface area contributed by atoms with Gasteiger partial charge in [-0.3, -0.25) is 4.79 Å². The molecule has 0 radical (unpaired) electrons. The standard InChI is InChI=1S/C26H32N2O4/c1-5-28(6-2)14-12-23-19(4)22-11-10-21(17-24(22)32-26(23)30)31-15-13-27-25(29)20-9-7-8-18(3)16-20/h7-11,16-17H,5-6,12-15H2,1-4H3,(H,27,29). The number of rotatable bonds is 10. The molecule has 6 nitrogen and oxygen atoms in total. The molecule has 0 bridgehead atoms. The van der Waals surface area contributed by atoms with E-state index in [1.807, 2.05) is 44.2 Å². The first-order chi connectivity index (χ1) is 15.4. The van der Waals surface area contributed by atoms with Crippen LogP contribution in [0.5, 0.6) is 5.75 Å². The van der Waals surface area contributed by atoms with Gasteiger partial charge in [0.05, 0.1) is 6.54 Å². The van der Waals surface area contributed by atoms with Gasteiger partial charge in [0.15, 0.2) is 0 Å². The van der Waals surface area contributed by atoms with Crippen molar-refractivity contribution in [3.8, 4) is 5.75 Å². The van der Waals surface area contributed by atoms with Crippen molar-refractivity contribution >= 4 is 16.9 Å². The summed E-state index contributed by atoms with van der Waals surface area (Å²) in [5.41, 5.74) is 3.59. The summed E-state index contributed by atoms with van der Waals surface area (Å²) >= 11 is 0. The Balaban J connectivity index is 1.62. The fourth-order valence-corrected chi connectivity index (χ4v) is 3.78. The highest BCUT2D eigenvalue weighted by Gasteiger charge is 2.13. The summed E-state index contributed by atoms with van der Waals surface area (Å²) in [4.78, 5) is 27.1. The third-order valence-electron chi connectivity index (χ3n) is 5.77. The Kier molecular flexibility index (Phi) is 8.06. The summed E-state index contributed by atoms with van der Waals surface area (Å²) in [7, 11) is 0. The maximum atomic E-state index is 12.6. The van der Waals surface area contributed by atoms with Gasteiger partial charge in [0, 0.05) is 29.1 Å². The van der Waals surface area contributed by atoms with Crippen LogP contribution in [-0.4, -0.2) is 43.6 Å². The van der Waals surface area contributed by atoms with E-state index in [2.05, 4.69) is 24.1 Å². The molecule has 0 aliphatic heterocycles. The Bertz CT molecular complexity index is 1130. The van der Waals surface area contributed by atoms with E-state index in [0.29, 0.717) is 36.5 Å². The first-order valence-corrected chi connectivity index (χ1v) is 11.2. The number of benzene rings is 2. The molecule has 3 rings (SSSR count). The van der Waals surface area contributed by atoms with Crippen LogP contribution >= 0.6 is 0 Å². The first kappa shape index (κ1) is 23.5. The van der Waals surface area contributed by atoms with E-state index in [1.54, 1.807) is 12.1 Å². The summed E-state index contributed by atoms with van der Waals surface area (Å²) < 4.78 is 11.4. The van der Waals surface area contributed by atoms with Gasteiger partial charge in [-0.05, 0) is 63.2 Å². The molecule has 0 saturated carbocycles. The molecule has 6 heteroatoms. The summed E-state index contributed by atoms with van der Waals surface area (Å²) in [5.74, 6) is 0.468. The van der Waals surface area contributed by atoms with Crippen LogP contribution < -0.4 is 15.7 Å². The second-order valence-electron chi connectivity index (χ2n) is 7.90. The van der Waals surface area contributed by atoms with E-state index in [-0.39, 0.29) is 11.5 Å². The zero-order valence-electron chi connectivity index (χ0n) is 19.4. The van der Waals surface area contributed by atoms with Crippen LogP contribution in [0.25, 0.3) is 11.0 Å². The lowest BCUT2D eigenvalue weighted by atomic mass is 10.0. The second-order valence-corrected chi connectivity index (χ2v) is 7.90. The highest BCUT2D eigenvalue weighted by Crippen LogP contribution is 2.24. The minimum Gasteiger partial charge on any atom is -0.492 e. The topological polar surface area (TPSA) is 71.8 Å². The maximum absolute atomic E-state index is 12.6. The number of nitrogens with zero attached hydrogens (tertiary/aromatic N) is 1. The van der Waals surface area contributed by atoms with Gasteiger partial charge in [0.25, 0.3) is 5.91 Å². The fourth-order valence-electron chi connectivity index (χ4n) is 3.78. The molecule has 0 fully saturated rings. The van der Waals surface area contributed by atoms with Crippen LogP contribution in [0.15, 0.2) is 51.7 Å². The minimum atomic E-state index is -0.287. The molecule has 0 saturated heterocycles. The average Bonchev–Trinajstić information content (AvgIpc) is 2.78. The summed E-state index contributed by atoms with van der Waals surface area (Å²) in [6, 6.07) is 13.0. The molecule has 3 aromatic rings. The largest absolute Gasteiger partial charge is 0.492 e. The average molecular weight is 437 g/mol. The molecule has 1 amide bonds. The fraction of sp³-hybridized carbons (Fsp3) is 0.385. The third-order valence-corrected chi connectivity index (χ3v) is 5.77. The lowest BCUT2D eigenvalue weighted by molar-refractivity contribution is 0.0947. The minimum absolute atomic E-state index is 0.130. The monoisotopic (exact) mass is 436 g/mol. The van der Waals surface area contributed by atoms with Crippen molar-refractivity contribution < 1.29 is 13.9 Å². The van der Waals surface area contributed by atoms with Crippen molar-refractivity contribution in [3.63, 3.8) is 0 Å². The van der Waals surface area contributed by atoms with E-state index in [0.717, 1.165) is 41.7 Å². The van der Waals surface area contributed by atoms with Crippen LogP contribution in [0.2, 0.25) is 0 Å². The van der Waals surface area contributed by atoms with Gasteiger partial charge in [-0.2, -0.15) is 0 Å². The number of hydrogen-bond donors (Lipinski definition) is 1. The number of amides is 1. The molecule has 1 aromatic heterocycles. The quantitative estimate of drug-likeness (QED) is 0.383. The molecule has 0 aliphatic rings. The zero-order valence-corrected chi connectivity index (χ0v) is 19.4. The Hall–Kier alpha value is -3.12. The maximum Gasteiger partial charge on any atom is 0.339 e. The molecule has 0 aliphatic carbocycles. The van der Waals surface area contributed by atoms with Gasteiger partial charge in [0.2, 0.25) is 0 Å². The van der Waals surface area contributed by atoms with Crippen LogP contribution in [0.4, 0.5) is 0 Å². The second kappa shape index (κ2) is 11.0. The number of likely N-dealkylation sites (N-methyl/N-ethyl adjacent to an activating group) is 1. The lowest BCUT2D eigenvalue weighted by Gasteiger charge is -2.18.